The maximum atomic E-state index is 11.9. The first-order chi connectivity index (χ1) is 9.71. The third-order valence-corrected chi connectivity index (χ3v) is 3.14. The predicted octanol–water partition coefficient (Wildman–Crippen LogP) is 2.79. The Labute approximate surface area is 174 Å². The largest absolute Gasteiger partial charge is 0.508 e. The number of benzene rings is 1. The first-order valence-corrected chi connectivity index (χ1v) is 7.69. The second-order valence-corrected chi connectivity index (χ2v) is 6.23. The molecule has 5 nitrogen and oxygen atoms in total. The molecule has 1 rings (SSSR count). The van der Waals surface area contributed by atoms with Gasteiger partial charge < -0.3 is 15.2 Å². The van der Waals surface area contributed by atoms with E-state index >= 15 is 0 Å². The van der Waals surface area contributed by atoms with Gasteiger partial charge in [-0.25, -0.2) is 4.79 Å². The zero-order chi connectivity index (χ0) is 16.0. The maximum Gasteiger partial charge on any atom is 0.408 e. The Balaban J connectivity index is 0.00000441. The van der Waals surface area contributed by atoms with E-state index in [9.17, 15) is 14.7 Å². The van der Waals surface area contributed by atoms with E-state index in [4.69, 9.17) is 4.74 Å². The molecule has 22 heavy (non-hydrogen) atoms. The molecule has 1 radical (unpaired) electrons. The molecule has 0 aliphatic carbocycles. The Morgan fingerprint density at radius 2 is 1.82 bits per heavy atom. The number of hydrogen-bond donors (Lipinski definition) is 2. The van der Waals surface area contributed by atoms with E-state index in [1.54, 1.807) is 45.0 Å². The number of rotatable bonds is 5. The summed E-state index contributed by atoms with van der Waals surface area (Å²) >= 11 is 3.11. The summed E-state index contributed by atoms with van der Waals surface area (Å²) in [6.07, 6.45) is -0.287. The minimum Gasteiger partial charge on any atom is -0.508 e. The Morgan fingerprint density at radius 3 is 2.27 bits per heavy atom. The van der Waals surface area contributed by atoms with Crippen molar-refractivity contribution in [2.45, 2.75) is 38.8 Å². The molecule has 119 valence electrons. The monoisotopic (exact) mass is 584 g/mol. The Hall–Kier alpha value is -0.118. The number of carbonyl (C=O) groups excluding carboxylic acids is 2. The van der Waals surface area contributed by atoms with E-state index < -0.39 is 17.7 Å². The van der Waals surface area contributed by atoms with Crippen molar-refractivity contribution < 1.29 is 63.5 Å². The van der Waals surface area contributed by atoms with Crippen LogP contribution in [0, 0.1) is 44.1 Å². The molecule has 1 aromatic rings. The van der Waals surface area contributed by atoms with Crippen LogP contribution in [-0.4, -0.2) is 34.0 Å². The van der Waals surface area contributed by atoms with Gasteiger partial charge in [-0.15, -0.1) is 0 Å². The number of ether oxygens (including phenoxy) is 1. The SMILES string of the molecule is CC(C)(C)OC(=O)N[C@@H](Cc1ccc(O)cc1)C(=O)CBr.[Ac]. The molecule has 0 aromatic heterocycles. The molecule has 0 fully saturated rings. The van der Waals surface area contributed by atoms with Crippen LogP contribution in [0.3, 0.4) is 0 Å². The van der Waals surface area contributed by atoms with Crippen molar-refractivity contribution in [2.24, 2.45) is 0 Å². The van der Waals surface area contributed by atoms with E-state index in [1.807, 2.05) is 0 Å². The van der Waals surface area contributed by atoms with Gasteiger partial charge in [0.25, 0.3) is 0 Å². The van der Waals surface area contributed by atoms with Crippen LogP contribution >= 0.6 is 15.9 Å². The summed E-state index contributed by atoms with van der Waals surface area (Å²) in [5.74, 6) is 0.0103. The van der Waals surface area contributed by atoms with Crippen LogP contribution in [0.2, 0.25) is 0 Å². The molecule has 0 aliphatic heterocycles. The van der Waals surface area contributed by atoms with Crippen molar-refractivity contribution in [2.75, 3.05) is 5.33 Å². The molecule has 0 heterocycles. The number of phenolic OH excluding ortho intramolecular Hbond substituents is 1. The van der Waals surface area contributed by atoms with Gasteiger partial charge in [0.05, 0.1) is 11.4 Å². The molecule has 1 atom stereocenters. The van der Waals surface area contributed by atoms with Crippen LogP contribution in [-0.2, 0) is 16.0 Å². The van der Waals surface area contributed by atoms with Crippen molar-refractivity contribution in [3.63, 3.8) is 0 Å². The molecule has 0 spiro atoms. The first-order valence-electron chi connectivity index (χ1n) is 6.57. The summed E-state index contributed by atoms with van der Waals surface area (Å²) in [5.41, 5.74) is 0.216. The number of Topliss-reactive ketones (excluding diaryl/α,β-unsaturated/α-hetero) is 1. The molecule has 2 N–H and O–H groups in total. The number of alkyl halides is 1. The number of phenols is 1. The normalized spacial score (nSPS) is 12.0. The van der Waals surface area contributed by atoms with Gasteiger partial charge in [0, 0.05) is 44.1 Å². The third-order valence-electron chi connectivity index (χ3n) is 2.59. The number of aromatic hydroxyl groups is 1. The molecular weight excluding hydrogens is 565 g/mol. The Bertz CT molecular complexity index is 499. The van der Waals surface area contributed by atoms with E-state index in [2.05, 4.69) is 21.2 Å². The van der Waals surface area contributed by atoms with E-state index in [0.717, 1.165) is 5.56 Å². The van der Waals surface area contributed by atoms with Crippen LogP contribution in [0.5, 0.6) is 5.75 Å². The van der Waals surface area contributed by atoms with E-state index in [-0.39, 0.29) is 60.9 Å². The van der Waals surface area contributed by atoms with Crippen LogP contribution in [0.1, 0.15) is 26.3 Å². The van der Waals surface area contributed by atoms with Gasteiger partial charge in [-0.3, -0.25) is 4.79 Å². The fourth-order valence-electron chi connectivity index (χ4n) is 1.66. The second-order valence-electron chi connectivity index (χ2n) is 5.67. The number of hydrogen-bond acceptors (Lipinski definition) is 4. The minimum atomic E-state index is -0.677. The number of alkyl carbamates (subject to hydrolysis) is 1. The van der Waals surface area contributed by atoms with Gasteiger partial charge in [0.1, 0.15) is 11.4 Å². The quantitative estimate of drug-likeness (QED) is 0.522. The summed E-state index contributed by atoms with van der Waals surface area (Å²) in [6.45, 7) is 5.27. The summed E-state index contributed by atoms with van der Waals surface area (Å²) < 4.78 is 5.16. The van der Waals surface area contributed by atoms with Crippen molar-refractivity contribution in [1.29, 1.82) is 0 Å². The fraction of sp³-hybridized carbons (Fsp3) is 0.467. The van der Waals surface area contributed by atoms with Crippen molar-refractivity contribution >= 4 is 27.8 Å². The number of amides is 1. The van der Waals surface area contributed by atoms with Gasteiger partial charge in [-0.1, -0.05) is 28.1 Å². The summed E-state index contributed by atoms with van der Waals surface area (Å²) in [5, 5.41) is 12.0. The summed E-state index contributed by atoms with van der Waals surface area (Å²) in [4.78, 5) is 23.7. The smallest absolute Gasteiger partial charge is 0.408 e. The standard InChI is InChI=1S/C15H20BrNO4.Ac/c1-15(2,3)21-14(20)17-12(13(19)9-16)8-10-4-6-11(18)7-5-10;/h4-7,12,18H,8-9H2,1-3H3,(H,17,20);/t12-;/m0./s1. The second kappa shape index (κ2) is 9.90. The van der Waals surface area contributed by atoms with Crippen LogP contribution in [0.25, 0.3) is 0 Å². The molecule has 0 unspecified atom stereocenters. The molecule has 0 saturated heterocycles. The van der Waals surface area contributed by atoms with Crippen LogP contribution in [0.15, 0.2) is 24.3 Å². The number of halogens is 1. The van der Waals surface area contributed by atoms with Gasteiger partial charge in [-0.2, -0.15) is 0 Å². The van der Waals surface area contributed by atoms with Crippen LogP contribution in [0.4, 0.5) is 4.79 Å². The van der Waals surface area contributed by atoms with Gasteiger partial charge in [-0.05, 0) is 44.9 Å². The summed E-state index contributed by atoms with van der Waals surface area (Å²) in [6, 6.07) is 5.82. The Morgan fingerprint density at radius 1 is 1.27 bits per heavy atom. The van der Waals surface area contributed by atoms with Crippen molar-refractivity contribution in [3.05, 3.63) is 29.8 Å². The molecule has 1 aromatic carbocycles. The number of nitrogens with one attached hydrogen (secondary N) is 1. The third kappa shape index (κ3) is 8.50. The average molecular weight is 585 g/mol. The maximum absolute atomic E-state index is 11.9. The average Bonchev–Trinajstić information content (AvgIpc) is 2.37. The number of carbonyl (C=O) groups is 2. The van der Waals surface area contributed by atoms with Gasteiger partial charge in [0.2, 0.25) is 0 Å². The first kappa shape index (κ1) is 21.9. The fourth-order valence-corrected chi connectivity index (χ4v) is 2.05. The van der Waals surface area contributed by atoms with Crippen molar-refractivity contribution in [1.82, 2.24) is 5.32 Å². The Kier molecular flexibility index (Phi) is 9.84. The molecule has 1 amide bonds. The predicted molar refractivity (Wildman–Crippen MR) is 83.8 cm³/mol. The molecule has 0 bridgehead atoms. The minimum absolute atomic E-state index is 0. The topological polar surface area (TPSA) is 75.6 Å². The zero-order valence-corrected chi connectivity index (χ0v) is 19.3. The zero-order valence-electron chi connectivity index (χ0n) is 12.9. The molecular formula is C15H20AcBrNO4. The molecule has 0 saturated carbocycles. The van der Waals surface area contributed by atoms with E-state index in [1.165, 1.54) is 0 Å². The molecule has 7 heteroatoms. The molecule has 0 aliphatic rings. The number of ketones is 1. The van der Waals surface area contributed by atoms with E-state index in [0.29, 0.717) is 6.42 Å². The van der Waals surface area contributed by atoms with Crippen LogP contribution < -0.4 is 5.32 Å². The summed E-state index contributed by atoms with van der Waals surface area (Å²) in [7, 11) is 0. The van der Waals surface area contributed by atoms with Crippen molar-refractivity contribution in [3.8, 4) is 5.75 Å². The van der Waals surface area contributed by atoms with Gasteiger partial charge >= 0.3 is 6.09 Å². The van der Waals surface area contributed by atoms with Gasteiger partial charge in [0.15, 0.2) is 5.78 Å².